The number of ether oxygens (including phenoxy) is 1. The third-order valence-corrected chi connectivity index (χ3v) is 4.93. The molecule has 1 amide bonds. The van der Waals surface area contributed by atoms with Gasteiger partial charge in [-0.1, -0.05) is 13.8 Å². The molecule has 0 N–H and O–H groups in total. The predicted octanol–water partition coefficient (Wildman–Crippen LogP) is 2.90. The minimum absolute atomic E-state index is 0.0317. The van der Waals surface area contributed by atoms with Gasteiger partial charge in [-0.2, -0.15) is 5.26 Å². The van der Waals surface area contributed by atoms with Crippen LogP contribution in [0.1, 0.15) is 43.8 Å². The summed E-state index contributed by atoms with van der Waals surface area (Å²) < 4.78 is 5.76. The molecule has 1 saturated heterocycles. The van der Waals surface area contributed by atoms with Crippen LogP contribution in [0.4, 0.5) is 5.82 Å². The van der Waals surface area contributed by atoms with E-state index in [0.29, 0.717) is 24.4 Å². The van der Waals surface area contributed by atoms with Gasteiger partial charge in [-0.15, -0.1) is 0 Å². The van der Waals surface area contributed by atoms with Crippen molar-refractivity contribution in [2.75, 3.05) is 31.1 Å². The molecule has 1 atom stereocenters. The minimum atomic E-state index is -0.580. The Hall–Kier alpha value is -3.14. The van der Waals surface area contributed by atoms with E-state index >= 15 is 0 Å². The molecule has 0 unspecified atom stereocenters. The molecule has 0 aliphatic carbocycles. The second kappa shape index (κ2) is 8.91. The van der Waals surface area contributed by atoms with E-state index in [1.807, 2.05) is 17.9 Å². The maximum absolute atomic E-state index is 12.8. The van der Waals surface area contributed by atoms with E-state index in [0.717, 1.165) is 30.4 Å². The van der Waals surface area contributed by atoms with Crippen LogP contribution >= 0.6 is 0 Å². The van der Waals surface area contributed by atoms with Gasteiger partial charge in [-0.05, 0) is 38.1 Å². The van der Waals surface area contributed by atoms with Crippen molar-refractivity contribution in [1.29, 1.82) is 5.26 Å². The molecular weight excluding hydrogens is 366 g/mol. The first-order chi connectivity index (χ1) is 13.9. The van der Waals surface area contributed by atoms with Gasteiger partial charge in [0.05, 0.1) is 11.6 Å². The van der Waals surface area contributed by atoms with Crippen molar-refractivity contribution in [3.8, 4) is 11.8 Å². The number of amides is 1. The zero-order valence-corrected chi connectivity index (χ0v) is 17.4. The molecule has 2 heterocycles. The Kier molecular flexibility index (Phi) is 6.32. The molecule has 1 fully saturated rings. The fourth-order valence-corrected chi connectivity index (χ4v) is 3.27. The summed E-state index contributed by atoms with van der Waals surface area (Å²) >= 11 is 0. The van der Waals surface area contributed by atoms with Crippen molar-refractivity contribution >= 4 is 11.7 Å². The van der Waals surface area contributed by atoms with Crippen molar-refractivity contribution < 1.29 is 9.53 Å². The van der Waals surface area contributed by atoms with Crippen LogP contribution in [-0.4, -0.2) is 53.1 Å². The Bertz CT molecular complexity index is 896. The van der Waals surface area contributed by atoms with Crippen molar-refractivity contribution in [1.82, 2.24) is 14.9 Å². The first kappa shape index (κ1) is 20.6. The molecule has 0 bridgehead atoms. The number of nitriles is 1. The summed E-state index contributed by atoms with van der Waals surface area (Å²) in [5.41, 5.74) is 1.52. The maximum Gasteiger partial charge on any atom is 0.263 e. The minimum Gasteiger partial charge on any atom is -0.481 e. The largest absolute Gasteiger partial charge is 0.481 e. The molecule has 7 heteroatoms. The number of carbonyl (C=O) groups excluding carboxylic acids is 1. The maximum atomic E-state index is 12.8. The highest BCUT2D eigenvalue weighted by Crippen LogP contribution is 2.20. The van der Waals surface area contributed by atoms with Gasteiger partial charge in [0.1, 0.15) is 17.4 Å². The zero-order chi connectivity index (χ0) is 21.0. The third kappa shape index (κ3) is 5.02. The van der Waals surface area contributed by atoms with Crippen LogP contribution in [0.5, 0.6) is 5.75 Å². The summed E-state index contributed by atoms with van der Waals surface area (Å²) in [5, 5.41) is 8.87. The van der Waals surface area contributed by atoms with Gasteiger partial charge in [-0.25, -0.2) is 9.97 Å². The number of benzene rings is 1. The van der Waals surface area contributed by atoms with Crippen LogP contribution in [0.15, 0.2) is 30.3 Å². The molecule has 0 radical (unpaired) electrons. The van der Waals surface area contributed by atoms with Crippen LogP contribution in [0, 0.1) is 18.3 Å². The first-order valence-electron chi connectivity index (χ1n) is 9.93. The highest BCUT2D eigenvalue weighted by atomic mass is 16.5. The lowest BCUT2D eigenvalue weighted by molar-refractivity contribution is -0.138. The smallest absolute Gasteiger partial charge is 0.263 e. The number of aromatic nitrogens is 2. The topological polar surface area (TPSA) is 82.4 Å². The van der Waals surface area contributed by atoms with Crippen LogP contribution in [-0.2, 0) is 4.79 Å². The van der Waals surface area contributed by atoms with Gasteiger partial charge < -0.3 is 14.5 Å². The molecule has 2 aromatic rings. The molecule has 29 heavy (non-hydrogen) atoms. The van der Waals surface area contributed by atoms with Gasteiger partial charge in [0.2, 0.25) is 0 Å². The zero-order valence-electron chi connectivity index (χ0n) is 17.4. The van der Waals surface area contributed by atoms with Crippen molar-refractivity contribution in [2.45, 2.75) is 39.7 Å². The van der Waals surface area contributed by atoms with Gasteiger partial charge in [-0.3, -0.25) is 4.79 Å². The summed E-state index contributed by atoms with van der Waals surface area (Å²) in [6.07, 6.45) is -0.580. The summed E-state index contributed by atoms with van der Waals surface area (Å²) in [6.45, 7) is 10.6. The van der Waals surface area contributed by atoms with Crippen LogP contribution in [0.3, 0.4) is 0 Å². The summed E-state index contributed by atoms with van der Waals surface area (Å²) in [5.74, 6) is 2.60. The summed E-state index contributed by atoms with van der Waals surface area (Å²) in [4.78, 5) is 26.0. The highest BCUT2D eigenvalue weighted by Gasteiger charge is 2.27. The van der Waals surface area contributed by atoms with Gasteiger partial charge >= 0.3 is 0 Å². The second-order valence-corrected chi connectivity index (χ2v) is 7.59. The van der Waals surface area contributed by atoms with Gasteiger partial charge in [0.25, 0.3) is 5.91 Å². The van der Waals surface area contributed by atoms with E-state index in [-0.39, 0.29) is 11.8 Å². The lowest BCUT2D eigenvalue weighted by atomic mass is 10.2. The van der Waals surface area contributed by atoms with E-state index < -0.39 is 6.10 Å². The molecule has 3 rings (SSSR count). The molecule has 0 saturated carbocycles. The third-order valence-electron chi connectivity index (χ3n) is 4.93. The lowest BCUT2D eigenvalue weighted by Crippen LogP contribution is -2.52. The second-order valence-electron chi connectivity index (χ2n) is 7.59. The van der Waals surface area contributed by atoms with E-state index in [1.54, 1.807) is 31.2 Å². The SMILES string of the molecule is Cc1cc(N2CCN(C(=O)[C@@H](C)Oc3ccc(C#N)cc3)CC2)nc(C(C)C)n1. The molecule has 1 aromatic carbocycles. The molecule has 1 aromatic heterocycles. The average Bonchev–Trinajstić information content (AvgIpc) is 2.73. The van der Waals surface area contributed by atoms with E-state index in [1.165, 1.54) is 0 Å². The molecule has 0 spiro atoms. The summed E-state index contributed by atoms with van der Waals surface area (Å²) in [7, 11) is 0. The molecule has 152 valence electrons. The van der Waals surface area contributed by atoms with Crippen LogP contribution in [0.2, 0.25) is 0 Å². The normalized spacial score (nSPS) is 15.2. The van der Waals surface area contributed by atoms with Crippen molar-refractivity contribution in [3.63, 3.8) is 0 Å². The van der Waals surface area contributed by atoms with Crippen molar-refractivity contribution in [2.24, 2.45) is 0 Å². The number of piperazine rings is 1. The number of carbonyl (C=O) groups is 1. The van der Waals surface area contributed by atoms with Crippen molar-refractivity contribution in [3.05, 3.63) is 47.4 Å². The Morgan fingerprint density at radius 1 is 1.10 bits per heavy atom. The number of hydrogen-bond donors (Lipinski definition) is 0. The molecule has 1 aliphatic rings. The Morgan fingerprint density at radius 2 is 1.76 bits per heavy atom. The van der Waals surface area contributed by atoms with Gasteiger partial charge in [0.15, 0.2) is 6.10 Å². The van der Waals surface area contributed by atoms with Gasteiger partial charge in [0, 0.05) is 43.9 Å². The van der Waals surface area contributed by atoms with E-state index in [2.05, 4.69) is 29.8 Å². The summed E-state index contributed by atoms with van der Waals surface area (Å²) in [6, 6.07) is 10.9. The standard InChI is InChI=1S/C22H27N5O2/c1-15(2)21-24-16(3)13-20(25-21)26-9-11-27(12-10-26)22(28)17(4)29-19-7-5-18(14-23)6-8-19/h5-8,13,15,17H,9-12H2,1-4H3/t17-/m1/s1. The molecule has 7 nitrogen and oxygen atoms in total. The highest BCUT2D eigenvalue weighted by molar-refractivity contribution is 5.81. The number of nitrogens with zero attached hydrogens (tertiary/aromatic N) is 5. The van der Waals surface area contributed by atoms with Crippen LogP contribution in [0.25, 0.3) is 0 Å². The fraction of sp³-hybridized carbons (Fsp3) is 0.455. The number of aryl methyl sites for hydroxylation is 1. The van der Waals surface area contributed by atoms with Crippen LogP contribution < -0.4 is 9.64 Å². The number of hydrogen-bond acceptors (Lipinski definition) is 6. The predicted molar refractivity (Wildman–Crippen MR) is 111 cm³/mol. The first-order valence-corrected chi connectivity index (χ1v) is 9.93. The quantitative estimate of drug-likeness (QED) is 0.777. The Labute approximate surface area is 171 Å². The Balaban J connectivity index is 1.58. The number of rotatable bonds is 5. The van der Waals surface area contributed by atoms with E-state index in [9.17, 15) is 4.79 Å². The van der Waals surface area contributed by atoms with E-state index in [4.69, 9.17) is 15.0 Å². The monoisotopic (exact) mass is 393 g/mol. The number of anilines is 1. The molecule has 1 aliphatic heterocycles. The average molecular weight is 393 g/mol. The lowest BCUT2D eigenvalue weighted by Gasteiger charge is -2.36. The fourth-order valence-electron chi connectivity index (χ4n) is 3.27. The Morgan fingerprint density at radius 3 is 2.34 bits per heavy atom. The molecular formula is C22H27N5O2.